The molecule has 0 spiro atoms. The van der Waals surface area contributed by atoms with Crippen LogP contribution in [-0.2, 0) is 20.8 Å². The van der Waals surface area contributed by atoms with Crippen LogP contribution in [0.15, 0.2) is 48.8 Å². The fraction of sp³-hybridized carbons (Fsp3) is 0.462. The molecule has 0 aliphatic carbocycles. The summed E-state index contributed by atoms with van der Waals surface area (Å²) in [7, 11) is 0. The zero-order valence-corrected chi connectivity index (χ0v) is 19.4. The third-order valence-electron chi connectivity index (χ3n) is 6.90. The number of carbonyl (C=O) groups is 3. The van der Waals surface area contributed by atoms with Crippen LogP contribution in [0.25, 0.3) is 11.1 Å². The topological polar surface area (TPSA) is 82.6 Å². The van der Waals surface area contributed by atoms with Crippen LogP contribution in [0.1, 0.15) is 38.7 Å². The number of benzene rings is 1. The molecular weight excluding hydrogens is 416 g/mol. The summed E-state index contributed by atoms with van der Waals surface area (Å²) in [4.78, 5) is 46.2. The maximum Gasteiger partial charge on any atom is 0.245 e. The third kappa shape index (κ3) is 4.77. The Balaban J connectivity index is 1.55. The first kappa shape index (κ1) is 23.0. The highest BCUT2D eigenvalue weighted by molar-refractivity contribution is 5.90. The standard InChI is InChI=1S/C26H32N4O3/c1-3-28-25(33)26(17-20-6-4-7-22(16-20)21-9-12-27-13-10-21)11-15-29(18-26)24(32)19(2)30-14-5-8-23(30)31/h4,6-7,9-10,12-13,16,19H,3,5,8,11,14-15,17-18H2,1-2H3,(H,28,33)/t19-,26+/m1/s1. The first-order valence-corrected chi connectivity index (χ1v) is 11.8. The van der Waals surface area contributed by atoms with Gasteiger partial charge in [-0.1, -0.05) is 24.3 Å². The van der Waals surface area contributed by atoms with Crippen molar-refractivity contribution in [3.63, 3.8) is 0 Å². The molecule has 33 heavy (non-hydrogen) atoms. The number of nitrogens with one attached hydrogen (secondary N) is 1. The van der Waals surface area contributed by atoms with Crippen molar-refractivity contribution in [1.29, 1.82) is 0 Å². The summed E-state index contributed by atoms with van der Waals surface area (Å²) in [6.45, 7) is 5.77. The minimum Gasteiger partial charge on any atom is -0.356 e. The zero-order valence-electron chi connectivity index (χ0n) is 19.4. The van der Waals surface area contributed by atoms with E-state index in [0.29, 0.717) is 45.4 Å². The van der Waals surface area contributed by atoms with Gasteiger partial charge in [0.2, 0.25) is 17.7 Å². The molecule has 2 aliphatic rings. The van der Waals surface area contributed by atoms with Gasteiger partial charge in [-0.05, 0) is 61.9 Å². The molecule has 3 amide bonds. The van der Waals surface area contributed by atoms with E-state index in [2.05, 4.69) is 22.4 Å². The highest BCUT2D eigenvalue weighted by Crippen LogP contribution is 2.36. The Labute approximate surface area is 195 Å². The first-order chi connectivity index (χ1) is 15.9. The second kappa shape index (κ2) is 9.73. The fourth-order valence-corrected chi connectivity index (χ4v) is 5.09. The number of aromatic nitrogens is 1. The summed E-state index contributed by atoms with van der Waals surface area (Å²) in [6, 6.07) is 11.7. The number of hydrogen-bond donors (Lipinski definition) is 1. The van der Waals surface area contributed by atoms with E-state index in [1.54, 1.807) is 29.1 Å². The first-order valence-electron chi connectivity index (χ1n) is 11.8. The molecule has 2 atom stereocenters. The zero-order chi connectivity index (χ0) is 23.4. The van der Waals surface area contributed by atoms with Crippen molar-refractivity contribution in [3.8, 4) is 11.1 Å². The summed E-state index contributed by atoms with van der Waals surface area (Å²) >= 11 is 0. The highest BCUT2D eigenvalue weighted by atomic mass is 16.2. The Kier molecular flexibility index (Phi) is 6.77. The molecule has 3 heterocycles. The summed E-state index contributed by atoms with van der Waals surface area (Å²) in [6.07, 6.45) is 6.00. The summed E-state index contributed by atoms with van der Waals surface area (Å²) < 4.78 is 0. The van der Waals surface area contributed by atoms with Gasteiger partial charge in [0.1, 0.15) is 6.04 Å². The molecule has 1 aromatic heterocycles. The molecule has 174 valence electrons. The lowest BCUT2D eigenvalue weighted by Crippen LogP contribution is -2.49. The third-order valence-corrected chi connectivity index (χ3v) is 6.90. The van der Waals surface area contributed by atoms with E-state index >= 15 is 0 Å². The van der Waals surface area contributed by atoms with Gasteiger partial charge in [0, 0.05) is 45.0 Å². The van der Waals surface area contributed by atoms with E-state index in [4.69, 9.17) is 0 Å². The van der Waals surface area contributed by atoms with Crippen LogP contribution < -0.4 is 5.32 Å². The Morgan fingerprint density at radius 1 is 1.15 bits per heavy atom. The van der Waals surface area contributed by atoms with Crippen LogP contribution in [0, 0.1) is 5.41 Å². The lowest BCUT2D eigenvalue weighted by atomic mass is 9.79. The molecule has 2 aliphatic heterocycles. The molecule has 7 heteroatoms. The van der Waals surface area contributed by atoms with E-state index in [9.17, 15) is 14.4 Å². The smallest absolute Gasteiger partial charge is 0.245 e. The molecule has 0 unspecified atom stereocenters. The van der Waals surface area contributed by atoms with E-state index in [1.807, 2.05) is 31.2 Å². The van der Waals surface area contributed by atoms with Crippen molar-refractivity contribution in [2.45, 2.75) is 45.6 Å². The Morgan fingerprint density at radius 2 is 1.94 bits per heavy atom. The number of rotatable bonds is 7. The number of likely N-dealkylation sites (tertiary alicyclic amines) is 2. The van der Waals surface area contributed by atoms with Crippen molar-refractivity contribution in [1.82, 2.24) is 20.1 Å². The number of pyridine rings is 1. The van der Waals surface area contributed by atoms with Gasteiger partial charge >= 0.3 is 0 Å². The van der Waals surface area contributed by atoms with Crippen molar-refractivity contribution < 1.29 is 14.4 Å². The highest BCUT2D eigenvalue weighted by Gasteiger charge is 2.47. The van der Waals surface area contributed by atoms with Gasteiger partial charge in [0.25, 0.3) is 0 Å². The molecule has 0 saturated carbocycles. The summed E-state index contributed by atoms with van der Waals surface area (Å²) in [5.74, 6) is -0.0422. The molecule has 2 saturated heterocycles. The van der Waals surface area contributed by atoms with Gasteiger partial charge in [0.05, 0.1) is 5.41 Å². The average molecular weight is 449 g/mol. The molecule has 0 bridgehead atoms. The predicted octanol–water partition coefficient (Wildman–Crippen LogP) is 2.66. The largest absolute Gasteiger partial charge is 0.356 e. The van der Waals surface area contributed by atoms with Gasteiger partial charge in [-0.3, -0.25) is 19.4 Å². The predicted molar refractivity (Wildman–Crippen MR) is 126 cm³/mol. The van der Waals surface area contributed by atoms with E-state index in [0.717, 1.165) is 23.1 Å². The minimum atomic E-state index is -0.683. The monoisotopic (exact) mass is 448 g/mol. The van der Waals surface area contributed by atoms with E-state index in [1.165, 1.54) is 0 Å². The van der Waals surface area contributed by atoms with Gasteiger partial charge in [-0.15, -0.1) is 0 Å². The fourth-order valence-electron chi connectivity index (χ4n) is 5.09. The number of nitrogens with zero attached hydrogens (tertiary/aromatic N) is 3. The SMILES string of the molecule is CCNC(=O)[C@]1(Cc2cccc(-c3ccncc3)c2)CCN(C(=O)[C@@H](C)N2CCCC2=O)C1. The molecular formula is C26H32N4O3. The van der Waals surface area contributed by atoms with Gasteiger partial charge in [-0.2, -0.15) is 0 Å². The van der Waals surface area contributed by atoms with Crippen LogP contribution in [0.3, 0.4) is 0 Å². The Bertz CT molecular complexity index is 1030. The number of hydrogen-bond acceptors (Lipinski definition) is 4. The molecule has 1 N–H and O–H groups in total. The summed E-state index contributed by atoms with van der Waals surface area (Å²) in [5.41, 5.74) is 2.53. The van der Waals surface area contributed by atoms with Crippen LogP contribution in [0.2, 0.25) is 0 Å². The lowest BCUT2D eigenvalue weighted by Gasteiger charge is -2.31. The van der Waals surface area contributed by atoms with Gasteiger partial charge < -0.3 is 15.1 Å². The molecule has 0 radical (unpaired) electrons. The second-order valence-electron chi connectivity index (χ2n) is 9.13. The normalized spacial score (nSPS) is 21.3. The van der Waals surface area contributed by atoms with Gasteiger partial charge in [-0.25, -0.2) is 0 Å². The quantitative estimate of drug-likeness (QED) is 0.706. The second-order valence-corrected chi connectivity index (χ2v) is 9.13. The minimum absolute atomic E-state index is 0.0143. The van der Waals surface area contributed by atoms with Crippen LogP contribution in [-0.4, -0.2) is 64.7 Å². The van der Waals surface area contributed by atoms with E-state index < -0.39 is 11.5 Å². The van der Waals surface area contributed by atoms with Crippen molar-refractivity contribution in [2.24, 2.45) is 5.41 Å². The number of amides is 3. The molecule has 7 nitrogen and oxygen atoms in total. The van der Waals surface area contributed by atoms with Crippen molar-refractivity contribution in [3.05, 3.63) is 54.4 Å². The Morgan fingerprint density at radius 3 is 2.64 bits per heavy atom. The average Bonchev–Trinajstić information content (AvgIpc) is 3.46. The van der Waals surface area contributed by atoms with E-state index in [-0.39, 0.29) is 17.7 Å². The maximum atomic E-state index is 13.3. The van der Waals surface area contributed by atoms with Crippen molar-refractivity contribution in [2.75, 3.05) is 26.2 Å². The van der Waals surface area contributed by atoms with Crippen LogP contribution in [0.5, 0.6) is 0 Å². The Hall–Kier alpha value is -3.22. The van der Waals surface area contributed by atoms with Crippen molar-refractivity contribution >= 4 is 17.7 Å². The molecule has 2 fully saturated rings. The van der Waals surface area contributed by atoms with Crippen LogP contribution >= 0.6 is 0 Å². The van der Waals surface area contributed by atoms with Gasteiger partial charge in [0.15, 0.2) is 0 Å². The molecule has 2 aromatic rings. The number of carbonyl (C=O) groups excluding carboxylic acids is 3. The maximum absolute atomic E-state index is 13.3. The summed E-state index contributed by atoms with van der Waals surface area (Å²) in [5, 5.41) is 3.00. The van der Waals surface area contributed by atoms with Crippen LogP contribution in [0.4, 0.5) is 0 Å². The molecule has 1 aromatic carbocycles. The molecule has 4 rings (SSSR count). The lowest BCUT2D eigenvalue weighted by molar-refractivity contribution is -0.143.